The molecule has 35 heavy (non-hydrogen) atoms. The number of benzene rings is 1. The molecule has 0 aliphatic heterocycles. The average Bonchev–Trinajstić information content (AvgIpc) is 3.57. The van der Waals surface area contributed by atoms with Crippen LogP contribution in [0.3, 0.4) is 0 Å². The molecule has 1 fully saturated rings. The smallest absolute Gasteiger partial charge is 0.451 e. The number of nitrogens with zero attached hydrogens (tertiary/aromatic N) is 4. The number of nitrogen functional groups attached to an aromatic ring is 1. The van der Waals surface area contributed by atoms with Gasteiger partial charge >= 0.3 is 12.4 Å². The van der Waals surface area contributed by atoms with Crippen LogP contribution in [0.5, 0.6) is 5.75 Å². The fourth-order valence-electron chi connectivity index (χ4n) is 3.26. The maximum absolute atomic E-state index is 13.7. The number of aromatic nitrogens is 4. The van der Waals surface area contributed by atoms with E-state index < -0.39 is 29.5 Å². The van der Waals surface area contributed by atoms with Crippen LogP contribution in [-0.2, 0) is 23.6 Å². The number of nitrogens with two attached hydrogens (primary N) is 1. The third-order valence-electron chi connectivity index (χ3n) is 4.92. The van der Waals surface area contributed by atoms with Gasteiger partial charge in [-0.15, -0.1) is 0 Å². The van der Waals surface area contributed by atoms with Gasteiger partial charge < -0.3 is 20.5 Å². The van der Waals surface area contributed by atoms with Crippen molar-refractivity contribution >= 4 is 22.5 Å². The molecule has 188 valence electrons. The number of ether oxygens (including phenoxy) is 2. The molecular formula is C21H20F6N6O2. The second-order valence-electron chi connectivity index (χ2n) is 7.86. The maximum Gasteiger partial charge on any atom is 0.451 e. The first kappa shape index (κ1) is 24.7. The molecule has 0 bridgehead atoms. The molecule has 0 atom stereocenters. The van der Waals surface area contributed by atoms with Gasteiger partial charge in [-0.25, -0.2) is 19.9 Å². The van der Waals surface area contributed by atoms with Crippen molar-refractivity contribution < 1.29 is 35.8 Å². The first-order valence-corrected chi connectivity index (χ1v) is 10.5. The Morgan fingerprint density at radius 2 is 1.71 bits per heavy atom. The summed E-state index contributed by atoms with van der Waals surface area (Å²) < 4.78 is 90.8. The van der Waals surface area contributed by atoms with Crippen molar-refractivity contribution in [3.8, 4) is 5.75 Å². The van der Waals surface area contributed by atoms with E-state index in [1.54, 1.807) is 0 Å². The topological polar surface area (TPSA) is 108 Å². The van der Waals surface area contributed by atoms with E-state index in [0.29, 0.717) is 0 Å². The van der Waals surface area contributed by atoms with Crippen molar-refractivity contribution in [2.24, 2.45) is 0 Å². The molecule has 3 aromatic rings. The number of fused-ring (bicyclic) bond motifs is 1. The molecule has 4 rings (SSSR count). The molecule has 0 radical (unpaired) electrons. The van der Waals surface area contributed by atoms with Crippen LogP contribution in [0, 0.1) is 6.92 Å². The largest absolute Gasteiger partial charge is 0.491 e. The number of rotatable bonds is 8. The van der Waals surface area contributed by atoms with Crippen molar-refractivity contribution in [2.45, 2.75) is 44.8 Å². The molecule has 0 saturated heterocycles. The van der Waals surface area contributed by atoms with Crippen LogP contribution in [0.25, 0.3) is 10.9 Å². The maximum atomic E-state index is 13.7. The summed E-state index contributed by atoms with van der Waals surface area (Å²) >= 11 is 0. The van der Waals surface area contributed by atoms with Crippen LogP contribution < -0.4 is 15.8 Å². The van der Waals surface area contributed by atoms with E-state index in [0.717, 1.165) is 31.0 Å². The van der Waals surface area contributed by atoms with E-state index in [1.807, 2.05) is 0 Å². The molecule has 3 N–H and O–H groups in total. The Kier molecular flexibility index (Phi) is 6.58. The van der Waals surface area contributed by atoms with Crippen molar-refractivity contribution in [1.82, 2.24) is 19.9 Å². The fraction of sp³-hybridized carbons (Fsp3) is 0.429. The highest BCUT2D eigenvalue weighted by atomic mass is 19.4. The highest BCUT2D eigenvalue weighted by Crippen LogP contribution is 2.40. The summed E-state index contributed by atoms with van der Waals surface area (Å²) in [6, 6.07) is 3.14. The molecule has 1 aliphatic rings. The molecule has 0 amide bonds. The monoisotopic (exact) mass is 502 g/mol. The Labute approximate surface area is 194 Å². The summed E-state index contributed by atoms with van der Waals surface area (Å²) in [5.41, 5.74) is 4.34. The fourth-order valence-corrected chi connectivity index (χ4v) is 3.26. The van der Waals surface area contributed by atoms with Gasteiger partial charge in [-0.3, -0.25) is 0 Å². The zero-order chi connectivity index (χ0) is 25.4. The van der Waals surface area contributed by atoms with Gasteiger partial charge in [-0.05, 0) is 31.9 Å². The molecule has 1 saturated carbocycles. The Bertz CT molecular complexity index is 1230. The molecule has 0 spiro atoms. The lowest BCUT2D eigenvalue weighted by molar-refractivity contribution is -0.145. The van der Waals surface area contributed by atoms with E-state index >= 15 is 0 Å². The highest BCUT2D eigenvalue weighted by molar-refractivity contribution is 5.91. The van der Waals surface area contributed by atoms with E-state index in [-0.39, 0.29) is 59.9 Å². The zero-order valence-corrected chi connectivity index (χ0v) is 18.3. The molecule has 2 heterocycles. The highest BCUT2D eigenvalue weighted by Gasteiger charge is 2.36. The lowest BCUT2D eigenvalue weighted by Gasteiger charge is -2.17. The van der Waals surface area contributed by atoms with Gasteiger partial charge in [0.05, 0.1) is 36.0 Å². The molecule has 14 heteroatoms. The molecule has 2 aromatic heterocycles. The van der Waals surface area contributed by atoms with Crippen LogP contribution >= 0.6 is 0 Å². The van der Waals surface area contributed by atoms with E-state index in [4.69, 9.17) is 15.2 Å². The predicted octanol–water partition coefficient (Wildman–Crippen LogP) is 4.52. The molecule has 1 aromatic carbocycles. The normalized spacial score (nSPS) is 14.4. The number of aryl methyl sites for hydroxylation is 1. The van der Waals surface area contributed by atoms with Crippen molar-refractivity contribution in [1.29, 1.82) is 0 Å². The Balaban J connectivity index is 1.64. The first-order valence-electron chi connectivity index (χ1n) is 10.5. The van der Waals surface area contributed by atoms with Gasteiger partial charge in [-0.1, -0.05) is 0 Å². The number of hydrogen-bond acceptors (Lipinski definition) is 8. The van der Waals surface area contributed by atoms with Crippen LogP contribution in [-0.4, -0.2) is 39.3 Å². The second kappa shape index (κ2) is 9.32. The number of anilines is 2. The number of hydrogen-bond donors (Lipinski definition) is 2. The van der Waals surface area contributed by atoms with Gasteiger partial charge in [-0.2, -0.15) is 26.3 Å². The molecule has 8 nitrogen and oxygen atoms in total. The molecule has 1 aliphatic carbocycles. The Morgan fingerprint density at radius 3 is 2.37 bits per heavy atom. The minimum absolute atomic E-state index is 0.0212. The van der Waals surface area contributed by atoms with Crippen LogP contribution in [0.4, 0.5) is 38.0 Å². The van der Waals surface area contributed by atoms with E-state index in [9.17, 15) is 26.3 Å². The third kappa shape index (κ3) is 6.18. The van der Waals surface area contributed by atoms with Crippen molar-refractivity contribution in [2.75, 3.05) is 24.3 Å². The van der Waals surface area contributed by atoms with Gasteiger partial charge in [0.2, 0.25) is 5.82 Å². The summed E-state index contributed by atoms with van der Waals surface area (Å²) in [6.45, 7) is 1.25. The number of alkyl halides is 6. The summed E-state index contributed by atoms with van der Waals surface area (Å²) in [7, 11) is 0. The Hall–Kier alpha value is -3.42. The van der Waals surface area contributed by atoms with Gasteiger partial charge in [0.25, 0.3) is 0 Å². The minimum Gasteiger partial charge on any atom is -0.491 e. The second-order valence-corrected chi connectivity index (χ2v) is 7.86. The first-order chi connectivity index (χ1) is 16.4. The van der Waals surface area contributed by atoms with Crippen molar-refractivity contribution in [3.63, 3.8) is 0 Å². The summed E-state index contributed by atoms with van der Waals surface area (Å²) in [6.07, 6.45) is -7.56. The van der Waals surface area contributed by atoms with Gasteiger partial charge in [0, 0.05) is 11.5 Å². The quantitative estimate of drug-likeness (QED) is 0.342. The Morgan fingerprint density at radius 1 is 0.971 bits per heavy atom. The summed E-state index contributed by atoms with van der Waals surface area (Å²) in [4.78, 5) is 14.9. The molecular weight excluding hydrogens is 482 g/mol. The van der Waals surface area contributed by atoms with Gasteiger partial charge in [0.15, 0.2) is 0 Å². The summed E-state index contributed by atoms with van der Waals surface area (Å²) in [5, 5.41) is 2.98. The number of nitrogens with one attached hydrogen (secondary N) is 1. The molecule has 0 unspecified atom stereocenters. The standard InChI is InChI=1S/C21H20F6N6O2/c1-10-30-15-8-14(20(22,23)24)16(35-5-4-34-12-2-3-12)7-13(15)18(31-10)29-9-11-6-17(28)33-19(32-11)21(25,26)27/h6-8,12H,2-5,9H2,1H3,(H2,28,32,33)(H,29,30,31). The minimum atomic E-state index is -4.80. The third-order valence-corrected chi connectivity index (χ3v) is 4.92. The lowest BCUT2D eigenvalue weighted by Crippen LogP contribution is -2.16. The van der Waals surface area contributed by atoms with Crippen LogP contribution in [0.2, 0.25) is 0 Å². The SMILES string of the molecule is Cc1nc(NCc2cc(N)nc(C(F)(F)F)n2)c2cc(OCCOC3CC3)c(C(F)(F)F)cc2n1. The van der Waals surface area contributed by atoms with E-state index in [1.165, 1.54) is 6.92 Å². The average molecular weight is 502 g/mol. The predicted molar refractivity (Wildman–Crippen MR) is 113 cm³/mol. The zero-order valence-electron chi connectivity index (χ0n) is 18.3. The van der Waals surface area contributed by atoms with Gasteiger partial charge in [0.1, 0.15) is 29.8 Å². The summed E-state index contributed by atoms with van der Waals surface area (Å²) in [5.74, 6) is -1.99. The van der Waals surface area contributed by atoms with Crippen molar-refractivity contribution in [3.05, 3.63) is 41.1 Å². The van der Waals surface area contributed by atoms with Crippen LogP contribution in [0.15, 0.2) is 18.2 Å². The number of halogens is 6. The van der Waals surface area contributed by atoms with E-state index in [2.05, 4.69) is 25.3 Å². The van der Waals surface area contributed by atoms with Crippen LogP contribution in [0.1, 0.15) is 35.7 Å². The lowest BCUT2D eigenvalue weighted by atomic mass is 10.1.